The van der Waals surface area contributed by atoms with Gasteiger partial charge in [-0.05, 0) is 18.6 Å². The molecule has 2 N–H and O–H groups in total. The third-order valence-electron chi connectivity index (χ3n) is 2.83. The SMILES string of the molecule is CCCCCOCn1cnc2ccccc21.O=C(O)C(=O)O. The second-order valence-corrected chi connectivity index (χ2v) is 4.56. The Kier molecular flexibility index (Phi) is 7.63. The molecule has 1 aromatic heterocycles. The standard InChI is InChI=1S/C13H18N2O.C2H2O4/c1-2-3-6-9-16-11-15-10-14-12-7-4-5-8-13(12)15;3-1(4)2(5)6/h4-5,7-8,10H,2-3,6,9,11H2,1H3;(H,3,4)(H,5,6). The maximum atomic E-state index is 9.10. The Balaban J connectivity index is 0.000000346. The number of unbranched alkanes of at least 4 members (excludes halogenated alkanes) is 2. The first-order valence-corrected chi connectivity index (χ1v) is 7.00. The highest BCUT2D eigenvalue weighted by atomic mass is 16.5. The molecule has 2 rings (SSSR count). The summed E-state index contributed by atoms with van der Waals surface area (Å²) in [5.74, 6) is -3.65. The van der Waals surface area contributed by atoms with Crippen LogP contribution in [0.3, 0.4) is 0 Å². The average molecular weight is 308 g/mol. The normalized spacial score (nSPS) is 10.0. The van der Waals surface area contributed by atoms with Crippen LogP contribution < -0.4 is 0 Å². The van der Waals surface area contributed by atoms with Gasteiger partial charge in [0.1, 0.15) is 6.73 Å². The van der Waals surface area contributed by atoms with E-state index >= 15 is 0 Å². The van der Waals surface area contributed by atoms with E-state index in [1.165, 1.54) is 12.8 Å². The van der Waals surface area contributed by atoms with Crippen molar-refractivity contribution in [2.45, 2.75) is 32.9 Å². The molecule has 0 atom stereocenters. The van der Waals surface area contributed by atoms with E-state index in [0.29, 0.717) is 6.73 Å². The molecule has 1 aromatic carbocycles. The molecule has 0 aliphatic heterocycles. The fraction of sp³-hybridized carbons (Fsp3) is 0.400. The summed E-state index contributed by atoms with van der Waals surface area (Å²) in [6.45, 7) is 3.63. The molecule has 0 saturated carbocycles. The first-order chi connectivity index (χ1) is 10.6. The first-order valence-electron chi connectivity index (χ1n) is 7.00. The van der Waals surface area contributed by atoms with E-state index in [0.717, 1.165) is 24.1 Å². The summed E-state index contributed by atoms with van der Waals surface area (Å²) >= 11 is 0. The number of hydrogen-bond donors (Lipinski definition) is 2. The van der Waals surface area contributed by atoms with Gasteiger partial charge in [0.25, 0.3) is 0 Å². The van der Waals surface area contributed by atoms with Gasteiger partial charge in [0.05, 0.1) is 17.4 Å². The van der Waals surface area contributed by atoms with Gasteiger partial charge in [0.15, 0.2) is 0 Å². The third-order valence-corrected chi connectivity index (χ3v) is 2.83. The van der Waals surface area contributed by atoms with Crippen LogP contribution in [0.5, 0.6) is 0 Å². The number of para-hydroxylation sites is 2. The van der Waals surface area contributed by atoms with E-state index in [4.69, 9.17) is 24.5 Å². The number of benzene rings is 1. The van der Waals surface area contributed by atoms with Gasteiger partial charge in [-0.3, -0.25) is 0 Å². The third kappa shape index (κ3) is 5.92. The molecule has 1 heterocycles. The predicted molar refractivity (Wildman–Crippen MR) is 80.5 cm³/mol. The van der Waals surface area contributed by atoms with Gasteiger partial charge in [-0.1, -0.05) is 31.9 Å². The summed E-state index contributed by atoms with van der Waals surface area (Å²) in [6.07, 6.45) is 5.45. The number of nitrogens with zero attached hydrogens (tertiary/aromatic N) is 2. The monoisotopic (exact) mass is 308 g/mol. The Hall–Kier alpha value is -2.41. The zero-order valence-electron chi connectivity index (χ0n) is 12.4. The Morgan fingerprint density at radius 1 is 1.18 bits per heavy atom. The van der Waals surface area contributed by atoms with E-state index < -0.39 is 11.9 Å². The van der Waals surface area contributed by atoms with Crippen molar-refractivity contribution < 1.29 is 24.5 Å². The number of carbonyl (C=O) groups is 2. The number of rotatable bonds is 6. The van der Waals surface area contributed by atoms with E-state index in [1.807, 2.05) is 29.1 Å². The molecular formula is C15H20N2O5. The van der Waals surface area contributed by atoms with Crippen LogP contribution >= 0.6 is 0 Å². The van der Waals surface area contributed by atoms with E-state index in [-0.39, 0.29) is 0 Å². The smallest absolute Gasteiger partial charge is 0.414 e. The number of fused-ring (bicyclic) bond motifs is 1. The van der Waals surface area contributed by atoms with Gasteiger partial charge in [-0.15, -0.1) is 0 Å². The quantitative estimate of drug-likeness (QED) is 0.627. The molecule has 0 fully saturated rings. The molecule has 7 heteroatoms. The van der Waals surface area contributed by atoms with Crippen LogP contribution in [-0.2, 0) is 21.1 Å². The fourth-order valence-corrected chi connectivity index (χ4v) is 1.73. The van der Waals surface area contributed by atoms with Crippen LogP contribution in [0.1, 0.15) is 26.2 Å². The van der Waals surface area contributed by atoms with Gasteiger partial charge in [0.2, 0.25) is 0 Å². The Bertz CT molecular complexity index is 597. The van der Waals surface area contributed by atoms with Crippen molar-refractivity contribution in [1.82, 2.24) is 9.55 Å². The second-order valence-electron chi connectivity index (χ2n) is 4.56. The summed E-state index contributed by atoms with van der Waals surface area (Å²) in [6, 6.07) is 8.11. The minimum Gasteiger partial charge on any atom is -0.473 e. The molecule has 0 amide bonds. The molecular weight excluding hydrogens is 288 g/mol. The van der Waals surface area contributed by atoms with Crippen LogP contribution in [0.4, 0.5) is 0 Å². The minimum atomic E-state index is -1.82. The molecule has 0 bridgehead atoms. The van der Waals surface area contributed by atoms with Crippen LogP contribution in [-0.4, -0.2) is 38.3 Å². The predicted octanol–water partition coefficient (Wildman–Crippen LogP) is 2.36. The highest BCUT2D eigenvalue weighted by molar-refractivity contribution is 6.27. The van der Waals surface area contributed by atoms with E-state index in [9.17, 15) is 0 Å². The van der Waals surface area contributed by atoms with Crippen molar-refractivity contribution in [3.05, 3.63) is 30.6 Å². The summed E-state index contributed by atoms with van der Waals surface area (Å²) in [5.41, 5.74) is 2.16. The first kappa shape index (κ1) is 17.6. The number of hydrogen-bond acceptors (Lipinski definition) is 4. The average Bonchev–Trinajstić information content (AvgIpc) is 2.91. The molecule has 0 radical (unpaired) electrons. The number of ether oxygens (including phenoxy) is 1. The Morgan fingerprint density at radius 3 is 2.50 bits per heavy atom. The lowest BCUT2D eigenvalue weighted by Crippen LogP contribution is -2.09. The summed E-state index contributed by atoms with van der Waals surface area (Å²) in [7, 11) is 0. The Labute approximate surface area is 128 Å². The largest absolute Gasteiger partial charge is 0.473 e. The minimum absolute atomic E-state index is 0.601. The maximum Gasteiger partial charge on any atom is 0.414 e. The molecule has 0 aliphatic rings. The number of carboxylic acids is 2. The molecule has 0 saturated heterocycles. The highest BCUT2D eigenvalue weighted by Crippen LogP contribution is 2.11. The zero-order chi connectivity index (χ0) is 16.4. The van der Waals surface area contributed by atoms with Crippen molar-refractivity contribution in [2.75, 3.05) is 6.61 Å². The topological polar surface area (TPSA) is 102 Å². The number of imidazole rings is 1. The van der Waals surface area contributed by atoms with Crippen LogP contribution in [0.25, 0.3) is 11.0 Å². The molecule has 0 aliphatic carbocycles. The molecule has 7 nitrogen and oxygen atoms in total. The molecule has 2 aromatic rings. The van der Waals surface area contributed by atoms with E-state index in [1.54, 1.807) is 0 Å². The molecule has 120 valence electrons. The Morgan fingerprint density at radius 2 is 1.86 bits per heavy atom. The van der Waals surface area contributed by atoms with Crippen molar-refractivity contribution in [2.24, 2.45) is 0 Å². The summed E-state index contributed by atoms with van der Waals surface area (Å²) in [4.78, 5) is 22.5. The van der Waals surface area contributed by atoms with Crippen molar-refractivity contribution in [3.8, 4) is 0 Å². The lowest BCUT2D eigenvalue weighted by molar-refractivity contribution is -0.159. The van der Waals surface area contributed by atoms with E-state index in [2.05, 4.69) is 18.0 Å². The fourth-order valence-electron chi connectivity index (χ4n) is 1.73. The van der Waals surface area contributed by atoms with Gasteiger partial charge in [-0.25, -0.2) is 14.6 Å². The molecule has 0 unspecified atom stereocenters. The summed E-state index contributed by atoms with van der Waals surface area (Å²) in [5, 5.41) is 14.8. The number of carboxylic acid groups (broad SMARTS) is 2. The van der Waals surface area contributed by atoms with Crippen LogP contribution in [0.15, 0.2) is 30.6 Å². The van der Waals surface area contributed by atoms with Gasteiger partial charge in [-0.2, -0.15) is 0 Å². The number of aromatic nitrogens is 2. The lowest BCUT2D eigenvalue weighted by atomic mass is 10.3. The van der Waals surface area contributed by atoms with Crippen molar-refractivity contribution in [3.63, 3.8) is 0 Å². The van der Waals surface area contributed by atoms with Crippen molar-refractivity contribution >= 4 is 23.0 Å². The van der Waals surface area contributed by atoms with Crippen LogP contribution in [0.2, 0.25) is 0 Å². The lowest BCUT2D eigenvalue weighted by Gasteiger charge is -2.05. The summed E-state index contributed by atoms with van der Waals surface area (Å²) < 4.78 is 7.65. The van der Waals surface area contributed by atoms with Crippen LogP contribution in [0, 0.1) is 0 Å². The van der Waals surface area contributed by atoms with Gasteiger partial charge in [0, 0.05) is 6.61 Å². The maximum absolute atomic E-state index is 9.10. The molecule has 0 spiro atoms. The molecule has 22 heavy (non-hydrogen) atoms. The van der Waals surface area contributed by atoms with Gasteiger partial charge >= 0.3 is 11.9 Å². The van der Waals surface area contributed by atoms with Crippen molar-refractivity contribution in [1.29, 1.82) is 0 Å². The highest BCUT2D eigenvalue weighted by Gasteiger charge is 2.04. The second kappa shape index (κ2) is 9.51. The zero-order valence-corrected chi connectivity index (χ0v) is 12.4. The number of aliphatic carboxylic acids is 2. The van der Waals surface area contributed by atoms with Gasteiger partial charge < -0.3 is 19.5 Å².